The largest absolute Gasteiger partial charge is 0.496 e. The molecule has 0 saturated heterocycles. The van der Waals surface area contributed by atoms with Crippen LogP contribution in [0.25, 0.3) is 11.1 Å². The number of benzene rings is 2. The molecular weight excluding hydrogens is 336 g/mol. The smallest absolute Gasteiger partial charge is 0.309 e. The Hall–Kier alpha value is -3.02. The second-order valence-corrected chi connectivity index (χ2v) is 5.58. The van der Waals surface area contributed by atoms with Crippen LogP contribution in [0, 0.1) is 0 Å². The maximum absolute atomic E-state index is 11.6. The minimum Gasteiger partial charge on any atom is -0.496 e. The molecule has 0 heterocycles. The standard InChI is InChI=1S/C20H22O6/c1-23-17-7-5-13(11-19(21)25-3)9-15(17)16-10-14(12-20(22)26-4)6-8-18(16)24-2/h5-10H,11-12H2,1-4H3. The quantitative estimate of drug-likeness (QED) is 0.709. The molecule has 2 rings (SSSR count). The highest BCUT2D eigenvalue weighted by molar-refractivity contribution is 5.80. The van der Waals surface area contributed by atoms with Gasteiger partial charge in [-0.05, 0) is 35.4 Å². The summed E-state index contributed by atoms with van der Waals surface area (Å²) in [5, 5.41) is 0. The van der Waals surface area contributed by atoms with Crippen molar-refractivity contribution in [3.63, 3.8) is 0 Å². The SMILES string of the molecule is COC(=O)Cc1ccc(OC)c(-c2cc(CC(=O)OC)ccc2OC)c1. The van der Waals surface area contributed by atoms with Crippen LogP contribution >= 0.6 is 0 Å². The van der Waals surface area contributed by atoms with Crippen LogP contribution < -0.4 is 9.47 Å². The molecule has 0 amide bonds. The van der Waals surface area contributed by atoms with Crippen molar-refractivity contribution in [1.29, 1.82) is 0 Å². The molecule has 0 aromatic heterocycles. The van der Waals surface area contributed by atoms with Crippen molar-refractivity contribution in [3.8, 4) is 22.6 Å². The Morgan fingerprint density at radius 2 is 1.08 bits per heavy atom. The van der Waals surface area contributed by atoms with Crippen molar-refractivity contribution < 1.29 is 28.5 Å². The summed E-state index contributed by atoms with van der Waals surface area (Å²) in [4.78, 5) is 23.2. The van der Waals surface area contributed by atoms with E-state index in [2.05, 4.69) is 0 Å². The molecule has 0 atom stereocenters. The molecule has 6 heteroatoms. The molecule has 0 aliphatic heterocycles. The van der Waals surface area contributed by atoms with Gasteiger partial charge in [0.15, 0.2) is 0 Å². The summed E-state index contributed by atoms with van der Waals surface area (Å²) in [6, 6.07) is 10.9. The molecule has 0 bridgehead atoms. The summed E-state index contributed by atoms with van der Waals surface area (Å²) >= 11 is 0. The highest BCUT2D eigenvalue weighted by atomic mass is 16.5. The lowest BCUT2D eigenvalue weighted by Crippen LogP contribution is -2.06. The highest BCUT2D eigenvalue weighted by Gasteiger charge is 2.15. The van der Waals surface area contributed by atoms with Gasteiger partial charge in [-0.15, -0.1) is 0 Å². The first-order valence-corrected chi connectivity index (χ1v) is 8.00. The molecule has 2 aromatic carbocycles. The summed E-state index contributed by atoms with van der Waals surface area (Å²) < 4.78 is 20.4. The van der Waals surface area contributed by atoms with Crippen molar-refractivity contribution in [3.05, 3.63) is 47.5 Å². The minimum absolute atomic E-state index is 0.150. The normalized spacial score (nSPS) is 10.2. The second-order valence-electron chi connectivity index (χ2n) is 5.58. The molecule has 0 saturated carbocycles. The number of rotatable bonds is 7. The number of carbonyl (C=O) groups is 2. The van der Waals surface area contributed by atoms with Crippen LogP contribution in [0.4, 0.5) is 0 Å². The van der Waals surface area contributed by atoms with Gasteiger partial charge in [0.1, 0.15) is 11.5 Å². The maximum atomic E-state index is 11.6. The average molecular weight is 358 g/mol. The lowest BCUT2D eigenvalue weighted by molar-refractivity contribution is -0.140. The summed E-state index contributed by atoms with van der Waals surface area (Å²) in [5.41, 5.74) is 3.09. The van der Waals surface area contributed by atoms with E-state index in [4.69, 9.17) is 18.9 Å². The third-order valence-electron chi connectivity index (χ3n) is 3.97. The van der Waals surface area contributed by atoms with Crippen molar-refractivity contribution in [2.75, 3.05) is 28.4 Å². The van der Waals surface area contributed by atoms with Crippen LogP contribution in [0.1, 0.15) is 11.1 Å². The fourth-order valence-corrected chi connectivity index (χ4v) is 2.63. The predicted molar refractivity (Wildman–Crippen MR) is 96.4 cm³/mol. The molecule has 138 valence electrons. The lowest BCUT2D eigenvalue weighted by Gasteiger charge is -2.15. The Balaban J connectivity index is 2.53. The van der Waals surface area contributed by atoms with E-state index in [1.165, 1.54) is 14.2 Å². The first kappa shape index (κ1) is 19.3. The summed E-state index contributed by atoms with van der Waals surface area (Å²) in [5.74, 6) is 0.610. The zero-order chi connectivity index (χ0) is 19.1. The zero-order valence-corrected chi connectivity index (χ0v) is 15.3. The molecule has 0 fully saturated rings. The second kappa shape index (κ2) is 8.89. The van der Waals surface area contributed by atoms with Gasteiger partial charge in [0.05, 0.1) is 41.3 Å². The Labute approximate surface area is 152 Å². The lowest BCUT2D eigenvalue weighted by atomic mass is 9.97. The number of methoxy groups -OCH3 is 4. The molecule has 0 unspecified atom stereocenters. The zero-order valence-electron chi connectivity index (χ0n) is 15.3. The van der Waals surface area contributed by atoms with Crippen molar-refractivity contribution >= 4 is 11.9 Å². The third kappa shape index (κ3) is 4.53. The molecule has 2 aromatic rings. The van der Waals surface area contributed by atoms with Gasteiger partial charge in [-0.3, -0.25) is 9.59 Å². The molecule has 0 N–H and O–H groups in total. The van der Waals surface area contributed by atoms with E-state index >= 15 is 0 Å². The fraction of sp³-hybridized carbons (Fsp3) is 0.300. The van der Waals surface area contributed by atoms with Crippen molar-refractivity contribution in [2.24, 2.45) is 0 Å². The monoisotopic (exact) mass is 358 g/mol. The van der Waals surface area contributed by atoms with Crippen LogP contribution in [0.15, 0.2) is 36.4 Å². The Morgan fingerprint density at radius 1 is 0.692 bits per heavy atom. The minimum atomic E-state index is -0.326. The molecule has 0 radical (unpaired) electrons. The van der Waals surface area contributed by atoms with E-state index in [0.717, 1.165) is 22.3 Å². The average Bonchev–Trinajstić information content (AvgIpc) is 2.67. The van der Waals surface area contributed by atoms with Crippen LogP contribution in [-0.4, -0.2) is 40.4 Å². The van der Waals surface area contributed by atoms with Crippen LogP contribution in [-0.2, 0) is 31.9 Å². The number of esters is 2. The molecule has 0 aliphatic rings. The van der Waals surface area contributed by atoms with E-state index in [1.54, 1.807) is 26.4 Å². The molecule has 0 spiro atoms. The van der Waals surface area contributed by atoms with Gasteiger partial charge in [-0.25, -0.2) is 0 Å². The van der Waals surface area contributed by atoms with E-state index in [9.17, 15) is 9.59 Å². The first-order valence-electron chi connectivity index (χ1n) is 8.00. The fourth-order valence-electron chi connectivity index (χ4n) is 2.63. The predicted octanol–water partition coefficient (Wildman–Crippen LogP) is 2.80. The van der Waals surface area contributed by atoms with Crippen molar-refractivity contribution in [2.45, 2.75) is 12.8 Å². The van der Waals surface area contributed by atoms with Gasteiger partial charge < -0.3 is 18.9 Å². The number of hydrogen-bond acceptors (Lipinski definition) is 6. The van der Waals surface area contributed by atoms with Gasteiger partial charge in [-0.2, -0.15) is 0 Å². The summed E-state index contributed by atoms with van der Waals surface area (Å²) in [6.07, 6.45) is 0.301. The number of hydrogen-bond donors (Lipinski definition) is 0. The molecule has 26 heavy (non-hydrogen) atoms. The van der Waals surface area contributed by atoms with Gasteiger partial charge in [0.2, 0.25) is 0 Å². The topological polar surface area (TPSA) is 71.1 Å². The third-order valence-corrected chi connectivity index (χ3v) is 3.97. The van der Waals surface area contributed by atoms with Gasteiger partial charge in [0, 0.05) is 11.1 Å². The summed E-state index contributed by atoms with van der Waals surface area (Å²) in [6.45, 7) is 0. The van der Waals surface area contributed by atoms with Crippen LogP contribution in [0.3, 0.4) is 0 Å². The van der Waals surface area contributed by atoms with Crippen molar-refractivity contribution in [1.82, 2.24) is 0 Å². The first-order chi connectivity index (χ1) is 12.5. The van der Waals surface area contributed by atoms with E-state index in [1.807, 2.05) is 24.3 Å². The number of carbonyl (C=O) groups excluding carboxylic acids is 2. The Kier molecular flexibility index (Phi) is 6.60. The Bertz CT molecular complexity index is 729. The van der Waals surface area contributed by atoms with Crippen LogP contribution in [0.5, 0.6) is 11.5 Å². The molecule has 6 nitrogen and oxygen atoms in total. The highest BCUT2D eigenvalue weighted by Crippen LogP contribution is 2.38. The number of ether oxygens (including phenoxy) is 4. The van der Waals surface area contributed by atoms with Gasteiger partial charge >= 0.3 is 11.9 Å². The maximum Gasteiger partial charge on any atom is 0.309 e. The molecule has 0 aliphatic carbocycles. The summed E-state index contributed by atoms with van der Waals surface area (Å²) in [7, 11) is 5.85. The van der Waals surface area contributed by atoms with E-state index in [-0.39, 0.29) is 24.8 Å². The van der Waals surface area contributed by atoms with E-state index in [0.29, 0.717) is 11.5 Å². The Morgan fingerprint density at radius 3 is 1.38 bits per heavy atom. The molecular formula is C20H22O6. The van der Waals surface area contributed by atoms with E-state index < -0.39 is 0 Å². The van der Waals surface area contributed by atoms with Gasteiger partial charge in [-0.1, -0.05) is 12.1 Å². The van der Waals surface area contributed by atoms with Gasteiger partial charge in [0.25, 0.3) is 0 Å². The van der Waals surface area contributed by atoms with Crippen LogP contribution in [0.2, 0.25) is 0 Å².